The fourth-order valence-corrected chi connectivity index (χ4v) is 3.75. The highest BCUT2D eigenvalue weighted by Gasteiger charge is 2.26. The summed E-state index contributed by atoms with van der Waals surface area (Å²) in [6, 6.07) is 7.37. The zero-order valence-corrected chi connectivity index (χ0v) is 15.6. The number of ether oxygens (including phenoxy) is 1. The van der Waals surface area contributed by atoms with Gasteiger partial charge in [-0.1, -0.05) is 6.08 Å². The number of carboxylic acid groups (broad SMARTS) is 1. The molecule has 0 spiro atoms. The van der Waals surface area contributed by atoms with Gasteiger partial charge in [0.25, 0.3) is 5.91 Å². The highest BCUT2D eigenvalue weighted by molar-refractivity contribution is 7.85. The number of benzene rings is 1. The minimum absolute atomic E-state index is 0.0753. The zero-order chi connectivity index (χ0) is 20.3. The Bertz CT molecular complexity index is 978. The van der Waals surface area contributed by atoms with Gasteiger partial charge in [0.1, 0.15) is 11.5 Å². The first kappa shape index (κ1) is 19.6. The van der Waals surface area contributed by atoms with Crippen LogP contribution in [0.2, 0.25) is 0 Å². The lowest BCUT2D eigenvalue weighted by molar-refractivity contribution is -0.121. The molecule has 0 aliphatic carbocycles. The van der Waals surface area contributed by atoms with Crippen molar-refractivity contribution in [1.82, 2.24) is 0 Å². The molecular weight excluding hydrogens is 386 g/mol. The van der Waals surface area contributed by atoms with Crippen molar-refractivity contribution in [3.05, 3.63) is 60.1 Å². The summed E-state index contributed by atoms with van der Waals surface area (Å²) in [6.07, 6.45) is 1.57. The highest BCUT2D eigenvalue weighted by Crippen LogP contribution is 2.33. The first-order valence-electron chi connectivity index (χ1n) is 8.27. The maximum absolute atomic E-state index is 12.5. The number of amides is 1. The summed E-state index contributed by atoms with van der Waals surface area (Å²) >= 11 is 0. The first-order valence-corrected chi connectivity index (χ1v) is 9.76. The molecule has 2 aromatic rings. The van der Waals surface area contributed by atoms with Crippen molar-refractivity contribution in [2.24, 2.45) is 0 Å². The molecule has 3 rings (SSSR count). The number of hydrogen-bond acceptors (Lipinski definition) is 6. The summed E-state index contributed by atoms with van der Waals surface area (Å²) in [4.78, 5) is 36.8. The number of carbonyl (C=O) groups excluding carboxylic acids is 2. The monoisotopic (exact) mass is 403 g/mol. The molecule has 1 aromatic heterocycles. The average molecular weight is 403 g/mol. The lowest BCUT2D eigenvalue weighted by Gasteiger charge is -2.28. The van der Waals surface area contributed by atoms with Crippen LogP contribution in [0.25, 0.3) is 0 Å². The minimum atomic E-state index is -1.59. The summed E-state index contributed by atoms with van der Waals surface area (Å²) in [5.41, 5.74) is 0.759. The van der Waals surface area contributed by atoms with Crippen LogP contribution in [0.5, 0.6) is 5.75 Å². The molecule has 0 saturated heterocycles. The van der Waals surface area contributed by atoms with Gasteiger partial charge in [-0.15, -0.1) is 6.58 Å². The van der Waals surface area contributed by atoms with E-state index in [0.717, 1.165) is 0 Å². The van der Waals surface area contributed by atoms with E-state index in [4.69, 9.17) is 14.3 Å². The van der Waals surface area contributed by atoms with Crippen LogP contribution in [0.4, 0.5) is 5.69 Å². The van der Waals surface area contributed by atoms with Crippen LogP contribution in [-0.4, -0.2) is 45.9 Å². The Balaban J connectivity index is 1.72. The first-order chi connectivity index (χ1) is 13.4. The van der Waals surface area contributed by atoms with Gasteiger partial charge >= 0.3 is 5.97 Å². The van der Waals surface area contributed by atoms with E-state index in [9.17, 15) is 18.6 Å². The Kier molecular flexibility index (Phi) is 5.74. The Morgan fingerprint density at radius 3 is 2.75 bits per heavy atom. The van der Waals surface area contributed by atoms with Crippen molar-refractivity contribution in [3.63, 3.8) is 0 Å². The van der Waals surface area contributed by atoms with Crippen LogP contribution in [0, 0.1) is 0 Å². The standard InChI is InChI=1S/C19H17NO7S/c1-2-7-20-14-8-12(3-5-16(14)26-9-18(20)22)15(21)11-28(25)10-13-4-6-17(27-13)19(23)24/h2-6,8H,1,7,9-11H2,(H,23,24). The Morgan fingerprint density at radius 2 is 2.07 bits per heavy atom. The highest BCUT2D eigenvalue weighted by atomic mass is 32.2. The predicted molar refractivity (Wildman–Crippen MR) is 101 cm³/mol. The molecule has 1 aromatic carbocycles. The third kappa shape index (κ3) is 4.20. The number of hydrogen-bond donors (Lipinski definition) is 1. The number of rotatable bonds is 8. The summed E-state index contributed by atoms with van der Waals surface area (Å²) < 4.78 is 22.7. The van der Waals surface area contributed by atoms with Crippen LogP contribution in [-0.2, 0) is 21.3 Å². The molecule has 1 aliphatic heterocycles. The van der Waals surface area contributed by atoms with Crippen LogP contribution in [0.15, 0.2) is 47.4 Å². The van der Waals surface area contributed by atoms with E-state index in [1.54, 1.807) is 18.2 Å². The molecule has 9 heteroatoms. The van der Waals surface area contributed by atoms with E-state index in [2.05, 4.69) is 6.58 Å². The van der Waals surface area contributed by atoms with Crippen LogP contribution in [0.1, 0.15) is 26.7 Å². The molecule has 0 radical (unpaired) electrons. The number of carbonyl (C=O) groups is 3. The van der Waals surface area contributed by atoms with Crippen LogP contribution >= 0.6 is 0 Å². The number of furan rings is 1. The van der Waals surface area contributed by atoms with E-state index < -0.39 is 16.8 Å². The van der Waals surface area contributed by atoms with Crippen molar-refractivity contribution in [1.29, 1.82) is 0 Å². The van der Waals surface area contributed by atoms with Crippen molar-refractivity contribution in [2.45, 2.75) is 5.75 Å². The van der Waals surface area contributed by atoms with Crippen molar-refractivity contribution < 1.29 is 32.9 Å². The summed E-state index contributed by atoms with van der Waals surface area (Å²) in [7, 11) is -1.59. The van der Waals surface area contributed by atoms with Crippen molar-refractivity contribution >= 4 is 34.1 Å². The van der Waals surface area contributed by atoms with Gasteiger partial charge in [-0.3, -0.25) is 13.8 Å². The van der Waals surface area contributed by atoms with Gasteiger partial charge < -0.3 is 19.2 Å². The summed E-state index contributed by atoms with van der Waals surface area (Å²) in [5, 5.41) is 8.83. The fourth-order valence-electron chi connectivity index (χ4n) is 2.71. The SMILES string of the molecule is C=CCN1C(=O)COc2ccc(C(=O)CS(=O)Cc3ccc(C(=O)O)o3)cc21. The number of fused-ring (bicyclic) bond motifs is 1. The molecule has 0 bridgehead atoms. The largest absolute Gasteiger partial charge is 0.482 e. The van der Waals surface area contributed by atoms with Gasteiger partial charge in [0, 0.05) is 22.9 Å². The number of carboxylic acids is 1. The quantitative estimate of drug-likeness (QED) is 0.530. The van der Waals surface area contributed by atoms with Crippen LogP contribution < -0.4 is 9.64 Å². The molecule has 1 aliphatic rings. The Hall–Kier alpha value is -3.20. The molecule has 0 saturated carbocycles. The molecule has 1 amide bonds. The number of aromatic carboxylic acids is 1. The lowest BCUT2D eigenvalue weighted by atomic mass is 10.1. The van der Waals surface area contributed by atoms with E-state index in [1.165, 1.54) is 23.1 Å². The third-order valence-corrected chi connectivity index (χ3v) is 5.19. The fraction of sp³-hybridized carbons (Fsp3) is 0.211. The lowest BCUT2D eigenvalue weighted by Crippen LogP contribution is -2.39. The normalized spacial score (nSPS) is 14.1. The van der Waals surface area contributed by atoms with Gasteiger partial charge in [-0.05, 0) is 30.3 Å². The number of nitrogens with zero attached hydrogens (tertiary/aromatic N) is 1. The van der Waals surface area contributed by atoms with Gasteiger partial charge in [0.2, 0.25) is 5.76 Å². The summed E-state index contributed by atoms with van der Waals surface area (Å²) in [5.74, 6) is -1.72. The molecule has 2 heterocycles. The maximum Gasteiger partial charge on any atom is 0.371 e. The Labute approximate surface area is 162 Å². The predicted octanol–water partition coefficient (Wildman–Crippen LogP) is 2.02. The molecular formula is C19H17NO7S. The third-order valence-electron chi connectivity index (χ3n) is 4.00. The minimum Gasteiger partial charge on any atom is -0.482 e. The summed E-state index contributed by atoms with van der Waals surface area (Å²) in [6.45, 7) is 3.82. The molecule has 1 atom stereocenters. The van der Waals surface area contributed by atoms with Crippen molar-refractivity contribution in [3.8, 4) is 5.75 Å². The number of Topliss-reactive ketones (excluding diaryl/α,β-unsaturated/α-hetero) is 1. The second-order valence-corrected chi connectivity index (χ2v) is 7.44. The molecule has 146 valence electrons. The molecule has 1 N–H and O–H groups in total. The van der Waals surface area contributed by atoms with Crippen molar-refractivity contribution in [2.75, 3.05) is 23.8 Å². The molecule has 0 fully saturated rings. The molecule has 1 unspecified atom stereocenters. The Morgan fingerprint density at radius 1 is 1.29 bits per heavy atom. The maximum atomic E-state index is 12.5. The van der Waals surface area contributed by atoms with Gasteiger partial charge in [-0.25, -0.2) is 4.79 Å². The smallest absolute Gasteiger partial charge is 0.371 e. The van der Waals surface area contributed by atoms with Gasteiger partial charge in [0.05, 0.1) is 17.2 Å². The second kappa shape index (κ2) is 8.22. The van der Waals surface area contributed by atoms with E-state index in [1.807, 2.05) is 0 Å². The zero-order valence-electron chi connectivity index (χ0n) is 14.8. The number of ketones is 1. The molecule has 8 nitrogen and oxygen atoms in total. The van der Waals surface area contributed by atoms with E-state index in [-0.39, 0.29) is 47.9 Å². The molecule has 28 heavy (non-hydrogen) atoms. The average Bonchev–Trinajstić information content (AvgIpc) is 3.12. The van der Waals surface area contributed by atoms with E-state index in [0.29, 0.717) is 17.0 Å². The van der Waals surface area contributed by atoms with Crippen LogP contribution in [0.3, 0.4) is 0 Å². The van der Waals surface area contributed by atoms with Gasteiger partial charge in [-0.2, -0.15) is 0 Å². The topological polar surface area (TPSA) is 114 Å². The number of anilines is 1. The van der Waals surface area contributed by atoms with E-state index >= 15 is 0 Å². The second-order valence-electron chi connectivity index (χ2n) is 5.99. The van der Waals surface area contributed by atoms with Gasteiger partial charge in [0.15, 0.2) is 12.4 Å².